The number of hydrogen-bond donors (Lipinski definition) is 2. The molecule has 7 heteroatoms. The molecule has 1 heterocycles. The van der Waals surface area contributed by atoms with E-state index >= 15 is 0 Å². The Bertz CT molecular complexity index is 771. The van der Waals surface area contributed by atoms with E-state index < -0.39 is 0 Å². The lowest BCUT2D eigenvalue weighted by Crippen LogP contribution is -2.24. The summed E-state index contributed by atoms with van der Waals surface area (Å²) in [5.41, 5.74) is 1.78. The number of carbonyl (C=O) groups is 1. The van der Waals surface area contributed by atoms with Gasteiger partial charge in [-0.15, -0.1) is 0 Å². The van der Waals surface area contributed by atoms with Crippen LogP contribution in [0.1, 0.15) is 32.6 Å². The van der Waals surface area contributed by atoms with Crippen molar-refractivity contribution in [1.82, 2.24) is 9.78 Å². The van der Waals surface area contributed by atoms with Gasteiger partial charge in [0.25, 0.3) is 0 Å². The molecule has 24 heavy (non-hydrogen) atoms. The van der Waals surface area contributed by atoms with Crippen molar-refractivity contribution in [3.05, 3.63) is 29.1 Å². The number of aliphatic hydroxyl groups is 1. The first-order valence-corrected chi connectivity index (χ1v) is 8.97. The fraction of sp³-hybridized carbons (Fsp3) is 0.471. The lowest BCUT2D eigenvalue weighted by molar-refractivity contribution is -0.114. The number of rotatable bonds is 3. The quantitative estimate of drug-likeness (QED) is 0.895. The first-order valence-electron chi connectivity index (χ1n) is 8.15. The second-order valence-corrected chi connectivity index (χ2v) is 7.12. The summed E-state index contributed by atoms with van der Waals surface area (Å²) in [6.07, 6.45) is 3.35. The van der Waals surface area contributed by atoms with Crippen LogP contribution >= 0.6 is 11.3 Å². The van der Waals surface area contributed by atoms with E-state index in [4.69, 9.17) is 4.99 Å². The van der Waals surface area contributed by atoms with Crippen molar-refractivity contribution >= 4 is 22.9 Å². The number of hydrogen-bond acceptors (Lipinski definition) is 5. The molecule has 3 rings (SSSR count). The van der Waals surface area contributed by atoms with Gasteiger partial charge in [0.05, 0.1) is 12.1 Å². The summed E-state index contributed by atoms with van der Waals surface area (Å²) in [5.74, 6) is -0.0814. The summed E-state index contributed by atoms with van der Waals surface area (Å²) >= 11 is 1.56. The number of benzene rings is 1. The molecule has 1 aromatic carbocycles. The summed E-state index contributed by atoms with van der Waals surface area (Å²) < 4.78 is 1.81. The van der Waals surface area contributed by atoms with Crippen LogP contribution in [0.3, 0.4) is 0 Å². The van der Waals surface area contributed by atoms with Crippen molar-refractivity contribution in [2.24, 2.45) is 12.0 Å². The third-order valence-electron chi connectivity index (χ3n) is 4.12. The molecule has 0 spiro atoms. The van der Waals surface area contributed by atoms with E-state index in [0.29, 0.717) is 0 Å². The van der Waals surface area contributed by atoms with Crippen molar-refractivity contribution in [2.45, 2.75) is 44.8 Å². The molecule has 128 valence electrons. The minimum Gasteiger partial charge on any atom is -0.393 e. The van der Waals surface area contributed by atoms with E-state index in [0.717, 1.165) is 46.7 Å². The minimum atomic E-state index is -0.163. The van der Waals surface area contributed by atoms with Crippen molar-refractivity contribution in [3.63, 3.8) is 0 Å². The van der Waals surface area contributed by atoms with Gasteiger partial charge in [-0.25, -0.2) is 4.68 Å². The predicted molar refractivity (Wildman–Crippen MR) is 94.7 cm³/mol. The molecule has 0 saturated heterocycles. The molecule has 0 bridgehead atoms. The fourth-order valence-electron chi connectivity index (χ4n) is 2.82. The Kier molecular flexibility index (Phi) is 5.11. The van der Waals surface area contributed by atoms with Crippen LogP contribution < -0.4 is 10.1 Å². The van der Waals surface area contributed by atoms with Crippen LogP contribution in [0, 0.1) is 0 Å². The van der Waals surface area contributed by atoms with Gasteiger partial charge in [0.15, 0.2) is 0 Å². The zero-order valence-electron chi connectivity index (χ0n) is 13.9. The van der Waals surface area contributed by atoms with Crippen molar-refractivity contribution in [2.75, 3.05) is 5.32 Å². The van der Waals surface area contributed by atoms with Gasteiger partial charge in [-0.1, -0.05) is 11.3 Å². The highest BCUT2D eigenvalue weighted by Gasteiger charge is 2.18. The highest BCUT2D eigenvalue weighted by molar-refractivity contribution is 7.12. The van der Waals surface area contributed by atoms with Crippen LogP contribution in [-0.4, -0.2) is 32.9 Å². The number of nitrogens with zero attached hydrogens (tertiary/aromatic N) is 3. The van der Waals surface area contributed by atoms with E-state index in [-0.39, 0.29) is 18.1 Å². The maximum Gasteiger partial charge on any atom is 0.221 e. The Morgan fingerprint density at radius 1 is 1.29 bits per heavy atom. The molecule has 2 N–H and O–H groups in total. The summed E-state index contributed by atoms with van der Waals surface area (Å²) in [7, 11) is 1.90. The first-order chi connectivity index (χ1) is 11.5. The van der Waals surface area contributed by atoms with Crippen molar-refractivity contribution in [3.8, 4) is 10.6 Å². The molecule has 1 fully saturated rings. The largest absolute Gasteiger partial charge is 0.393 e. The van der Waals surface area contributed by atoms with Crippen LogP contribution in [0.4, 0.5) is 5.69 Å². The molecule has 1 amide bonds. The van der Waals surface area contributed by atoms with Crippen LogP contribution in [0.25, 0.3) is 10.6 Å². The summed E-state index contributed by atoms with van der Waals surface area (Å²) in [6, 6.07) is 7.92. The Hall–Kier alpha value is -1.99. The zero-order valence-corrected chi connectivity index (χ0v) is 14.7. The molecular weight excluding hydrogens is 324 g/mol. The molecule has 1 aliphatic carbocycles. The first kappa shape index (κ1) is 16.9. The number of carbonyl (C=O) groups excluding carboxylic acids is 1. The van der Waals surface area contributed by atoms with Gasteiger partial charge >= 0.3 is 0 Å². The minimum absolute atomic E-state index is 0.0814. The van der Waals surface area contributed by atoms with Gasteiger partial charge in [-0.2, -0.15) is 5.10 Å². The average molecular weight is 346 g/mol. The van der Waals surface area contributed by atoms with E-state index in [1.807, 2.05) is 36.0 Å². The lowest BCUT2D eigenvalue weighted by atomic mass is 9.94. The van der Waals surface area contributed by atoms with Gasteiger partial charge in [0, 0.05) is 25.2 Å². The molecule has 2 aromatic rings. The number of amides is 1. The summed E-state index contributed by atoms with van der Waals surface area (Å²) in [4.78, 5) is 16.8. The van der Waals surface area contributed by atoms with Crippen LogP contribution in [0.2, 0.25) is 0 Å². The maximum atomic E-state index is 11.1. The Morgan fingerprint density at radius 3 is 2.58 bits per heavy atom. The molecule has 1 aromatic heterocycles. The SMILES string of the molecule is CC(=O)Nc1ccc(-c2nn(C)c(=N[C@H]3CC[C@H](O)CC3)s2)cc1. The average Bonchev–Trinajstić information content (AvgIpc) is 2.91. The Balaban J connectivity index is 1.79. The third kappa shape index (κ3) is 4.10. The second kappa shape index (κ2) is 7.27. The van der Waals surface area contributed by atoms with Gasteiger partial charge in [-0.05, 0) is 49.9 Å². The number of nitrogens with one attached hydrogen (secondary N) is 1. The smallest absolute Gasteiger partial charge is 0.221 e. The van der Waals surface area contributed by atoms with E-state index in [1.54, 1.807) is 11.3 Å². The Labute approximate surface area is 144 Å². The lowest BCUT2D eigenvalue weighted by Gasteiger charge is -2.21. The monoisotopic (exact) mass is 346 g/mol. The summed E-state index contributed by atoms with van der Waals surface area (Å²) in [5, 5.41) is 17.8. The molecule has 0 unspecified atom stereocenters. The van der Waals surface area contributed by atoms with Crippen LogP contribution in [0.15, 0.2) is 29.3 Å². The predicted octanol–water partition coefficient (Wildman–Crippen LogP) is 2.31. The fourth-order valence-corrected chi connectivity index (χ4v) is 3.79. The van der Waals surface area contributed by atoms with Gasteiger partial charge in [-0.3, -0.25) is 9.79 Å². The number of anilines is 1. The van der Waals surface area contributed by atoms with Crippen molar-refractivity contribution < 1.29 is 9.90 Å². The van der Waals surface area contributed by atoms with E-state index in [1.165, 1.54) is 6.92 Å². The van der Waals surface area contributed by atoms with E-state index in [9.17, 15) is 9.90 Å². The number of aromatic nitrogens is 2. The highest BCUT2D eigenvalue weighted by atomic mass is 32.1. The molecule has 1 aliphatic rings. The normalized spacial score (nSPS) is 21.7. The zero-order chi connectivity index (χ0) is 17.1. The van der Waals surface area contributed by atoms with Crippen LogP contribution in [-0.2, 0) is 11.8 Å². The molecule has 6 nitrogen and oxygen atoms in total. The second-order valence-electron chi connectivity index (χ2n) is 6.16. The van der Waals surface area contributed by atoms with Crippen LogP contribution in [0.5, 0.6) is 0 Å². The molecule has 1 saturated carbocycles. The maximum absolute atomic E-state index is 11.1. The molecular formula is C17H22N4O2S. The van der Waals surface area contributed by atoms with Gasteiger partial charge < -0.3 is 10.4 Å². The highest BCUT2D eigenvalue weighted by Crippen LogP contribution is 2.23. The standard InChI is InChI=1S/C17H22N4O2S/c1-11(22)18-13-5-3-12(4-6-13)16-20-21(2)17(24-16)19-14-7-9-15(23)10-8-14/h3-6,14-15,23H,7-10H2,1-2H3,(H,18,22)/t14-,15-. The van der Waals surface area contributed by atoms with E-state index in [2.05, 4.69) is 10.4 Å². The van der Waals surface area contributed by atoms with Gasteiger partial charge in [0.1, 0.15) is 5.01 Å². The third-order valence-corrected chi connectivity index (χ3v) is 5.18. The summed E-state index contributed by atoms with van der Waals surface area (Å²) in [6.45, 7) is 1.49. The van der Waals surface area contributed by atoms with Crippen molar-refractivity contribution in [1.29, 1.82) is 0 Å². The molecule has 0 radical (unpaired) electrons. The number of aliphatic hydroxyl groups excluding tert-OH is 1. The van der Waals surface area contributed by atoms with Gasteiger partial charge in [0.2, 0.25) is 10.7 Å². The topological polar surface area (TPSA) is 79.5 Å². The molecule has 0 atom stereocenters. The Morgan fingerprint density at radius 2 is 1.96 bits per heavy atom. The number of aryl methyl sites for hydroxylation is 1. The molecule has 0 aliphatic heterocycles.